The van der Waals surface area contributed by atoms with Crippen LogP contribution in [0.1, 0.15) is 0 Å². The second kappa shape index (κ2) is 11.9. The number of rotatable bonds is 5. The van der Waals surface area contributed by atoms with Crippen LogP contribution in [0.15, 0.2) is 192 Å². The predicted octanol–water partition coefficient (Wildman–Crippen LogP) is 15.1. The van der Waals surface area contributed by atoms with Crippen molar-refractivity contribution in [1.29, 1.82) is 0 Å². The van der Waals surface area contributed by atoms with Crippen LogP contribution in [0.25, 0.3) is 85.9 Å². The molecule has 0 N–H and O–H groups in total. The number of hydrogen-bond acceptors (Lipinski definition) is 3. The molecule has 0 radical (unpaired) electrons. The van der Waals surface area contributed by atoms with Gasteiger partial charge in [0.15, 0.2) is 0 Å². The number of fused-ring (bicyclic) bond motifs is 9. The highest BCUT2D eigenvalue weighted by atomic mass is 32.1. The van der Waals surface area contributed by atoms with Crippen molar-refractivity contribution >= 4 is 92.1 Å². The first kappa shape index (κ1) is 30.0. The molecule has 0 saturated heterocycles. The number of thiophene rings is 1. The summed E-state index contributed by atoms with van der Waals surface area (Å²) in [5.74, 6) is 0. The maximum Gasteiger partial charge on any atom is 0.135 e. The molecule has 0 atom stereocenters. The van der Waals surface area contributed by atoms with Gasteiger partial charge in [0.05, 0.1) is 5.69 Å². The predicted molar refractivity (Wildman–Crippen MR) is 227 cm³/mol. The van der Waals surface area contributed by atoms with Crippen LogP contribution < -0.4 is 4.90 Å². The molecule has 2 nitrogen and oxygen atoms in total. The monoisotopic (exact) mass is 693 g/mol. The van der Waals surface area contributed by atoms with Gasteiger partial charge in [-0.3, -0.25) is 0 Å². The zero-order chi connectivity index (χ0) is 34.9. The van der Waals surface area contributed by atoms with Crippen LogP contribution in [0.2, 0.25) is 0 Å². The van der Waals surface area contributed by atoms with Gasteiger partial charge in [-0.25, -0.2) is 0 Å². The highest BCUT2D eigenvalue weighted by molar-refractivity contribution is 7.26. The summed E-state index contributed by atoms with van der Waals surface area (Å²) in [6.07, 6.45) is 0. The lowest BCUT2D eigenvalue weighted by Gasteiger charge is -2.27. The van der Waals surface area contributed by atoms with Crippen molar-refractivity contribution in [2.75, 3.05) is 4.90 Å². The van der Waals surface area contributed by atoms with Gasteiger partial charge in [-0.05, 0) is 98.4 Å². The van der Waals surface area contributed by atoms with Gasteiger partial charge >= 0.3 is 0 Å². The third-order valence-electron chi connectivity index (χ3n) is 10.6. The van der Waals surface area contributed by atoms with Gasteiger partial charge in [0.2, 0.25) is 0 Å². The van der Waals surface area contributed by atoms with Crippen LogP contribution >= 0.6 is 11.3 Å². The average Bonchev–Trinajstić information content (AvgIpc) is 3.80. The Morgan fingerprint density at radius 3 is 2.00 bits per heavy atom. The van der Waals surface area contributed by atoms with Gasteiger partial charge < -0.3 is 9.32 Å². The van der Waals surface area contributed by atoms with Gasteiger partial charge in [0, 0.05) is 42.3 Å². The Morgan fingerprint density at radius 1 is 0.396 bits per heavy atom. The Morgan fingerprint density at radius 2 is 1.09 bits per heavy atom. The van der Waals surface area contributed by atoms with E-state index in [1.54, 1.807) is 0 Å². The first-order chi connectivity index (χ1) is 26.3. The first-order valence-corrected chi connectivity index (χ1v) is 18.8. The minimum Gasteiger partial charge on any atom is -0.456 e. The molecule has 2 aromatic heterocycles. The number of nitrogens with zero attached hydrogens (tertiary/aromatic N) is 1. The van der Waals surface area contributed by atoms with Crippen molar-refractivity contribution in [2.45, 2.75) is 0 Å². The van der Waals surface area contributed by atoms with E-state index in [0.29, 0.717) is 0 Å². The van der Waals surface area contributed by atoms with Crippen LogP contribution in [0.5, 0.6) is 0 Å². The van der Waals surface area contributed by atoms with Crippen LogP contribution in [-0.4, -0.2) is 0 Å². The van der Waals surface area contributed by atoms with Crippen molar-refractivity contribution in [3.63, 3.8) is 0 Å². The third kappa shape index (κ3) is 4.86. The van der Waals surface area contributed by atoms with Crippen molar-refractivity contribution in [1.82, 2.24) is 0 Å². The van der Waals surface area contributed by atoms with Crippen molar-refractivity contribution in [3.05, 3.63) is 188 Å². The van der Waals surface area contributed by atoms with Gasteiger partial charge in [0.1, 0.15) is 11.2 Å². The second-order valence-electron chi connectivity index (χ2n) is 13.7. The molecular weight excluding hydrogens is 663 g/mol. The minimum absolute atomic E-state index is 0.890. The van der Waals surface area contributed by atoms with E-state index in [2.05, 4.69) is 181 Å². The summed E-state index contributed by atoms with van der Waals surface area (Å²) >= 11 is 1.87. The van der Waals surface area contributed by atoms with Crippen molar-refractivity contribution < 1.29 is 4.42 Å². The molecule has 11 aromatic rings. The van der Waals surface area contributed by atoms with E-state index in [-0.39, 0.29) is 0 Å². The van der Waals surface area contributed by atoms with Gasteiger partial charge in [-0.2, -0.15) is 0 Å². The molecule has 2 heterocycles. The quantitative estimate of drug-likeness (QED) is 0.167. The number of furan rings is 1. The van der Waals surface area contributed by atoms with E-state index >= 15 is 0 Å². The Hall–Kier alpha value is -6.68. The molecular formula is C50H31NOS. The molecule has 9 aromatic carbocycles. The summed E-state index contributed by atoms with van der Waals surface area (Å²) in [6, 6.07) is 68.0. The molecule has 0 saturated carbocycles. The molecule has 0 fully saturated rings. The zero-order valence-corrected chi connectivity index (χ0v) is 29.5. The molecule has 248 valence electrons. The molecule has 0 aliphatic heterocycles. The fourth-order valence-electron chi connectivity index (χ4n) is 8.14. The molecule has 3 heteroatoms. The molecule has 0 bridgehead atoms. The fraction of sp³-hybridized carbons (Fsp3) is 0. The SMILES string of the molecule is c1ccc(-c2cccc3c2sc2cccc(N(c4ccc(-c5ccc6c(ccc7ccccc76)c5)cc4)c4ccc5oc6ccccc6c5c4)c23)cc1. The summed E-state index contributed by atoms with van der Waals surface area (Å²) in [6.45, 7) is 0. The first-order valence-electron chi connectivity index (χ1n) is 18.0. The number of benzene rings is 9. The Balaban J connectivity index is 1.10. The smallest absolute Gasteiger partial charge is 0.135 e. The standard InChI is InChI=1S/C50H31NOS/c1-2-10-33(11-3-1)41-15-8-16-43-49-45(17-9-19-48(49)53-50(41)43)51(38-27-29-47-44(31-38)42-14-6-7-18-46(42)52-47)37-25-22-32(23-26-37)35-24-28-40-36(30-35)21-20-34-12-4-5-13-39(34)40/h1-31H. The molecule has 0 aliphatic rings. The molecule has 0 spiro atoms. The van der Waals surface area contributed by atoms with Crippen molar-refractivity contribution in [2.24, 2.45) is 0 Å². The van der Waals surface area contributed by atoms with E-state index in [1.807, 2.05) is 23.5 Å². The van der Waals surface area contributed by atoms with Gasteiger partial charge in [-0.15, -0.1) is 11.3 Å². The lowest BCUT2D eigenvalue weighted by molar-refractivity contribution is 0.669. The highest BCUT2D eigenvalue weighted by Crippen LogP contribution is 2.48. The molecule has 0 unspecified atom stereocenters. The second-order valence-corrected chi connectivity index (χ2v) is 14.7. The summed E-state index contributed by atoms with van der Waals surface area (Å²) in [7, 11) is 0. The van der Waals surface area contributed by atoms with E-state index in [1.165, 1.54) is 64.0 Å². The fourth-order valence-corrected chi connectivity index (χ4v) is 9.40. The molecule has 0 aliphatic carbocycles. The maximum absolute atomic E-state index is 6.27. The molecule has 53 heavy (non-hydrogen) atoms. The summed E-state index contributed by atoms with van der Waals surface area (Å²) in [5.41, 5.74) is 10.0. The number of anilines is 3. The lowest BCUT2D eigenvalue weighted by atomic mass is 9.97. The largest absolute Gasteiger partial charge is 0.456 e. The molecule has 11 rings (SSSR count). The Kier molecular flexibility index (Phi) is 6.76. The van der Waals surface area contributed by atoms with Crippen LogP contribution in [0.4, 0.5) is 17.1 Å². The van der Waals surface area contributed by atoms with E-state index in [9.17, 15) is 0 Å². The van der Waals surface area contributed by atoms with Crippen LogP contribution in [0, 0.1) is 0 Å². The molecule has 0 amide bonds. The minimum atomic E-state index is 0.890. The van der Waals surface area contributed by atoms with E-state index in [4.69, 9.17) is 4.42 Å². The van der Waals surface area contributed by atoms with E-state index < -0.39 is 0 Å². The summed E-state index contributed by atoms with van der Waals surface area (Å²) < 4.78 is 8.84. The summed E-state index contributed by atoms with van der Waals surface area (Å²) in [5, 5.41) is 9.84. The number of para-hydroxylation sites is 1. The zero-order valence-electron chi connectivity index (χ0n) is 28.7. The normalized spacial score (nSPS) is 11.8. The van der Waals surface area contributed by atoms with Gasteiger partial charge in [0.25, 0.3) is 0 Å². The average molecular weight is 694 g/mol. The van der Waals surface area contributed by atoms with E-state index in [0.717, 1.165) is 39.0 Å². The Bertz CT molecular complexity index is 3170. The number of hydrogen-bond donors (Lipinski definition) is 0. The topological polar surface area (TPSA) is 16.4 Å². The Labute approximate surface area is 310 Å². The lowest BCUT2D eigenvalue weighted by Crippen LogP contribution is -2.10. The van der Waals surface area contributed by atoms with Crippen molar-refractivity contribution in [3.8, 4) is 22.3 Å². The van der Waals surface area contributed by atoms with Crippen LogP contribution in [-0.2, 0) is 0 Å². The van der Waals surface area contributed by atoms with Crippen LogP contribution in [0.3, 0.4) is 0 Å². The van der Waals surface area contributed by atoms with Gasteiger partial charge in [-0.1, -0.05) is 133 Å². The highest BCUT2D eigenvalue weighted by Gasteiger charge is 2.21. The third-order valence-corrected chi connectivity index (χ3v) is 11.9. The summed E-state index contributed by atoms with van der Waals surface area (Å²) in [4.78, 5) is 2.42. The maximum atomic E-state index is 6.27.